The first-order chi connectivity index (χ1) is 9.61. The van der Waals surface area contributed by atoms with Crippen molar-refractivity contribution in [3.63, 3.8) is 0 Å². The standard InChI is InChI=1S/C14H10FN5/c1-8-12(9-2-4-11(15)5-3-9)14-18-7-10(6-16)13(17)20(14)19-8/h2-5,7H,17H2,1H3. The van der Waals surface area contributed by atoms with Crippen LogP contribution in [-0.2, 0) is 0 Å². The molecule has 2 N–H and O–H groups in total. The number of nitrogens with zero attached hydrogens (tertiary/aromatic N) is 4. The van der Waals surface area contributed by atoms with Crippen LogP contribution in [0.15, 0.2) is 30.5 Å². The van der Waals surface area contributed by atoms with Gasteiger partial charge in [-0.15, -0.1) is 0 Å². The number of aromatic nitrogens is 3. The van der Waals surface area contributed by atoms with E-state index in [9.17, 15) is 4.39 Å². The van der Waals surface area contributed by atoms with Crippen molar-refractivity contribution in [2.45, 2.75) is 6.92 Å². The Morgan fingerprint density at radius 2 is 2.00 bits per heavy atom. The van der Waals surface area contributed by atoms with E-state index >= 15 is 0 Å². The Morgan fingerprint density at radius 3 is 2.65 bits per heavy atom. The Kier molecular flexibility index (Phi) is 2.61. The van der Waals surface area contributed by atoms with Gasteiger partial charge in [-0.25, -0.2) is 9.37 Å². The molecule has 98 valence electrons. The molecule has 0 radical (unpaired) electrons. The lowest BCUT2D eigenvalue weighted by molar-refractivity contribution is 0.628. The van der Waals surface area contributed by atoms with E-state index in [4.69, 9.17) is 11.0 Å². The lowest BCUT2D eigenvalue weighted by Gasteiger charge is -2.02. The highest BCUT2D eigenvalue weighted by molar-refractivity contribution is 5.81. The minimum absolute atomic E-state index is 0.244. The van der Waals surface area contributed by atoms with Gasteiger partial charge >= 0.3 is 0 Å². The molecule has 5 nitrogen and oxygen atoms in total. The van der Waals surface area contributed by atoms with Crippen molar-refractivity contribution in [2.24, 2.45) is 0 Å². The second kappa shape index (κ2) is 4.31. The zero-order valence-corrected chi connectivity index (χ0v) is 10.6. The highest BCUT2D eigenvalue weighted by Gasteiger charge is 2.16. The zero-order chi connectivity index (χ0) is 14.3. The van der Waals surface area contributed by atoms with Crippen molar-refractivity contribution in [2.75, 3.05) is 5.73 Å². The Labute approximate surface area is 114 Å². The maximum atomic E-state index is 13.0. The maximum Gasteiger partial charge on any atom is 0.165 e. The molecule has 0 aliphatic carbocycles. The molecule has 0 amide bonds. The van der Waals surface area contributed by atoms with Crippen molar-refractivity contribution in [1.29, 1.82) is 5.26 Å². The minimum Gasteiger partial charge on any atom is -0.382 e. The summed E-state index contributed by atoms with van der Waals surface area (Å²) in [6, 6.07) is 8.05. The number of fused-ring (bicyclic) bond motifs is 1. The van der Waals surface area contributed by atoms with E-state index in [0.717, 1.165) is 11.1 Å². The van der Waals surface area contributed by atoms with E-state index in [1.54, 1.807) is 12.1 Å². The molecule has 0 saturated carbocycles. The molecule has 6 heteroatoms. The molecule has 3 aromatic rings. The molecule has 0 unspecified atom stereocenters. The monoisotopic (exact) mass is 267 g/mol. The number of nitrogens with two attached hydrogens (primary N) is 1. The summed E-state index contributed by atoms with van der Waals surface area (Å²) >= 11 is 0. The highest BCUT2D eigenvalue weighted by atomic mass is 19.1. The van der Waals surface area contributed by atoms with Gasteiger partial charge in [0.25, 0.3) is 0 Å². The fraction of sp³-hybridized carbons (Fsp3) is 0.0714. The van der Waals surface area contributed by atoms with Gasteiger partial charge < -0.3 is 5.73 Å². The summed E-state index contributed by atoms with van der Waals surface area (Å²) in [5.41, 5.74) is 9.00. The first-order valence-electron chi connectivity index (χ1n) is 5.91. The highest BCUT2D eigenvalue weighted by Crippen LogP contribution is 2.28. The molecule has 0 bridgehead atoms. The van der Waals surface area contributed by atoms with Crippen molar-refractivity contribution < 1.29 is 4.39 Å². The second-order valence-electron chi connectivity index (χ2n) is 4.37. The summed E-state index contributed by atoms with van der Waals surface area (Å²) in [5, 5.41) is 13.3. The van der Waals surface area contributed by atoms with Gasteiger partial charge in [0.2, 0.25) is 0 Å². The number of aryl methyl sites for hydroxylation is 1. The summed E-state index contributed by atoms with van der Waals surface area (Å²) in [5.74, 6) is -0.0592. The fourth-order valence-corrected chi connectivity index (χ4v) is 2.15. The molecule has 3 rings (SSSR count). The average Bonchev–Trinajstić information content (AvgIpc) is 2.78. The molecule has 0 atom stereocenters. The number of anilines is 1. The number of nitriles is 1. The van der Waals surface area contributed by atoms with E-state index < -0.39 is 0 Å². The summed E-state index contributed by atoms with van der Waals surface area (Å²) < 4.78 is 14.5. The van der Waals surface area contributed by atoms with Crippen LogP contribution in [0.1, 0.15) is 11.3 Å². The predicted octanol–water partition coefficient (Wildman–Crippen LogP) is 2.30. The number of hydrogen-bond donors (Lipinski definition) is 1. The Morgan fingerprint density at radius 1 is 1.30 bits per heavy atom. The fourth-order valence-electron chi connectivity index (χ4n) is 2.15. The normalized spacial score (nSPS) is 10.7. The molecular formula is C14H10FN5. The van der Waals surface area contributed by atoms with Crippen molar-refractivity contribution in [3.05, 3.63) is 47.5 Å². The number of halogens is 1. The average molecular weight is 267 g/mol. The van der Waals surface area contributed by atoms with E-state index in [2.05, 4.69) is 10.1 Å². The molecule has 0 aliphatic rings. The summed E-state index contributed by atoms with van der Waals surface area (Å²) in [7, 11) is 0. The Balaban J connectivity index is 2.32. The molecule has 2 heterocycles. The van der Waals surface area contributed by atoms with Gasteiger partial charge in [0.1, 0.15) is 23.3 Å². The van der Waals surface area contributed by atoms with Gasteiger partial charge in [-0.1, -0.05) is 12.1 Å². The van der Waals surface area contributed by atoms with Crippen molar-refractivity contribution in [1.82, 2.24) is 14.6 Å². The molecular weight excluding hydrogens is 257 g/mol. The molecule has 20 heavy (non-hydrogen) atoms. The SMILES string of the molecule is Cc1nn2c(N)c(C#N)cnc2c1-c1ccc(F)cc1. The van der Waals surface area contributed by atoms with Gasteiger partial charge in [0.15, 0.2) is 5.65 Å². The molecule has 0 fully saturated rings. The first-order valence-corrected chi connectivity index (χ1v) is 5.91. The van der Waals surface area contributed by atoms with Crippen LogP contribution in [0.25, 0.3) is 16.8 Å². The van der Waals surface area contributed by atoms with Crippen molar-refractivity contribution >= 4 is 11.5 Å². The topological polar surface area (TPSA) is 80.0 Å². The summed E-state index contributed by atoms with van der Waals surface area (Å²) in [4.78, 5) is 4.24. The van der Waals surface area contributed by atoms with Crippen molar-refractivity contribution in [3.8, 4) is 17.2 Å². The van der Waals surface area contributed by atoms with E-state index in [1.807, 2.05) is 13.0 Å². The zero-order valence-electron chi connectivity index (χ0n) is 10.6. The van der Waals surface area contributed by atoms with Gasteiger partial charge in [0, 0.05) is 5.56 Å². The minimum atomic E-state index is -0.304. The molecule has 0 aliphatic heterocycles. The van der Waals surface area contributed by atoms with Crippen LogP contribution < -0.4 is 5.73 Å². The third-order valence-electron chi connectivity index (χ3n) is 3.11. The number of hydrogen-bond acceptors (Lipinski definition) is 4. The van der Waals surface area contributed by atoms with E-state index in [1.165, 1.54) is 22.8 Å². The lowest BCUT2D eigenvalue weighted by Crippen LogP contribution is -2.03. The Bertz CT molecular complexity index is 843. The smallest absolute Gasteiger partial charge is 0.165 e. The van der Waals surface area contributed by atoms with Crippen LogP contribution in [0.2, 0.25) is 0 Å². The van der Waals surface area contributed by atoms with E-state index in [0.29, 0.717) is 11.3 Å². The predicted molar refractivity (Wildman–Crippen MR) is 72.2 cm³/mol. The van der Waals surface area contributed by atoms with Crippen LogP contribution >= 0.6 is 0 Å². The van der Waals surface area contributed by atoms with E-state index in [-0.39, 0.29) is 17.2 Å². The number of nitrogen functional groups attached to an aromatic ring is 1. The van der Waals surface area contributed by atoms with Gasteiger partial charge in [-0.05, 0) is 24.6 Å². The molecule has 0 spiro atoms. The van der Waals surface area contributed by atoms with Crippen LogP contribution in [0.5, 0.6) is 0 Å². The number of benzene rings is 1. The van der Waals surface area contributed by atoms with Gasteiger partial charge in [-0.2, -0.15) is 14.9 Å². The quantitative estimate of drug-likeness (QED) is 0.733. The first kappa shape index (κ1) is 12.1. The third kappa shape index (κ3) is 1.68. The van der Waals surface area contributed by atoms with Gasteiger partial charge in [0.05, 0.1) is 11.9 Å². The summed E-state index contributed by atoms with van der Waals surface area (Å²) in [6.45, 7) is 1.82. The summed E-state index contributed by atoms with van der Waals surface area (Å²) in [6.07, 6.45) is 1.42. The van der Waals surface area contributed by atoms with Crippen LogP contribution in [-0.4, -0.2) is 14.6 Å². The maximum absolute atomic E-state index is 13.0. The molecule has 0 saturated heterocycles. The lowest BCUT2D eigenvalue weighted by atomic mass is 10.1. The number of rotatable bonds is 1. The second-order valence-corrected chi connectivity index (χ2v) is 4.37. The van der Waals surface area contributed by atoms with Gasteiger partial charge in [-0.3, -0.25) is 0 Å². The van der Waals surface area contributed by atoms with Crippen LogP contribution in [0.3, 0.4) is 0 Å². The third-order valence-corrected chi connectivity index (χ3v) is 3.11. The molecule has 1 aromatic carbocycles. The van der Waals surface area contributed by atoms with Crippen LogP contribution in [0.4, 0.5) is 10.2 Å². The van der Waals surface area contributed by atoms with Crippen LogP contribution in [0, 0.1) is 24.1 Å². The molecule has 2 aromatic heterocycles. The Hall–Kier alpha value is -2.94. The largest absolute Gasteiger partial charge is 0.382 e.